The van der Waals surface area contributed by atoms with Gasteiger partial charge in [-0.2, -0.15) is 0 Å². The summed E-state index contributed by atoms with van der Waals surface area (Å²) in [5.74, 6) is 1.73. The Bertz CT molecular complexity index is 572. The number of nitrogen functional groups attached to an aromatic ring is 1. The highest BCUT2D eigenvalue weighted by Gasteiger charge is 2.15. The second-order valence-corrected chi connectivity index (χ2v) is 4.95. The van der Waals surface area contributed by atoms with Gasteiger partial charge in [-0.3, -0.25) is 0 Å². The van der Waals surface area contributed by atoms with E-state index in [2.05, 4.69) is 0 Å². The van der Waals surface area contributed by atoms with E-state index in [4.69, 9.17) is 10.2 Å². The zero-order valence-corrected chi connectivity index (χ0v) is 11.7. The van der Waals surface area contributed by atoms with Crippen molar-refractivity contribution in [1.29, 1.82) is 0 Å². The van der Waals surface area contributed by atoms with Crippen LogP contribution < -0.4 is 5.73 Å². The predicted octanol–water partition coefficient (Wildman–Crippen LogP) is 3.32. The van der Waals surface area contributed by atoms with E-state index >= 15 is 0 Å². The maximum atomic E-state index is 10.3. The minimum Gasteiger partial charge on any atom is -0.466 e. The highest BCUT2D eigenvalue weighted by Crippen LogP contribution is 2.28. The molecule has 0 saturated heterocycles. The average molecular weight is 259 g/mol. The van der Waals surface area contributed by atoms with Crippen LogP contribution in [-0.4, -0.2) is 5.11 Å². The highest BCUT2D eigenvalue weighted by atomic mass is 16.3. The van der Waals surface area contributed by atoms with Crippen LogP contribution in [0.25, 0.3) is 0 Å². The maximum Gasteiger partial charge on any atom is 0.107 e. The standard InChI is InChI=1S/C16H21NO2/c1-4-12-6-7-13(19-12)9-15(18)14-8-5-10(2)11(3)16(14)17/h5-8,15,18H,4,9,17H2,1-3H3. The molecule has 1 aromatic heterocycles. The lowest BCUT2D eigenvalue weighted by molar-refractivity contribution is 0.170. The van der Waals surface area contributed by atoms with Gasteiger partial charge in [0.2, 0.25) is 0 Å². The zero-order chi connectivity index (χ0) is 14.0. The summed E-state index contributed by atoms with van der Waals surface area (Å²) in [5, 5.41) is 10.3. The molecule has 0 amide bonds. The Morgan fingerprint density at radius 3 is 2.47 bits per heavy atom. The van der Waals surface area contributed by atoms with E-state index in [0.717, 1.165) is 34.6 Å². The second kappa shape index (κ2) is 5.49. The van der Waals surface area contributed by atoms with Crippen LogP contribution in [0, 0.1) is 13.8 Å². The molecule has 2 rings (SSSR count). The van der Waals surface area contributed by atoms with Crippen molar-refractivity contribution in [3.63, 3.8) is 0 Å². The van der Waals surface area contributed by atoms with Crippen molar-refractivity contribution in [2.24, 2.45) is 0 Å². The van der Waals surface area contributed by atoms with Gasteiger partial charge < -0.3 is 15.3 Å². The van der Waals surface area contributed by atoms with Gasteiger partial charge >= 0.3 is 0 Å². The summed E-state index contributed by atoms with van der Waals surface area (Å²) in [5.41, 5.74) is 9.70. The largest absolute Gasteiger partial charge is 0.466 e. The monoisotopic (exact) mass is 259 g/mol. The summed E-state index contributed by atoms with van der Waals surface area (Å²) in [6.07, 6.45) is 0.685. The van der Waals surface area contributed by atoms with Crippen molar-refractivity contribution in [1.82, 2.24) is 0 Å². The lowest BCUT2D eigenvalue weighted by Crippen LogP contribution is -2.07. The predicted molar refractivity (Wildman–Crippen MR) is 77.1 cm³/mol. The van der Waals surface area contributed by atoms with Crippen LogP contribution in [0.2, 0.25) is 0 Å². The molecule has 0 saturated carbocycles. The summed E-state index contributed by atoms with van der Waals surface area (Å²) in [6, 6.07) is 7.75. The van der Waals surface area contributed by atoms with E-state index < -0.39 is 6.10 Å². The lowest BCUT2D eigenvalue weighted by atomic mass is 9.97. The fraction of sp³-hybridized carbons (Fsp3) is 0.375. The van der Waals surface area contributed by atoms with Crippen LogP contribution in [-0.2, 0) is 12.8 Å². The van der Waals surface area contributed by atoms with Crippen LogP contribution in [0.4, 0.5) is 5.69 Å². The van der Waals surface area contributed by atoms with Crippen LogP contribution in [0.1, 0.15) is 41.2 Å². The Morgan fingerprint density at radius 2 is 1.84 bits per heavy atom. The number of rotatable bonds is 4. The molecule has 3 heteroatoms. The van der Waals surface area contributed by atoms with E-state index in [0.29, 0.717) is 12.1 Å². The summed E-state index contributed by atoms with van der Waals surface area (Å²) in [4.78, 5) is 0. The normalized spacial score (nSPS) is 12.6. The van der Waals surface area contributed by atoms with Crippen LogP contribution in [0.5, 0.6) is 0 Å². The first-order valence-electron chi connectivity index (χ1n) is 6.64. The topological polar surface area (TPSA) is 59.4 Å². The molecule has 19 heavy (non-hydrogen) atoms. The quantitative estimate of drug-likeness (QED) is 0.828. The average Bonchev–Trinajstić information content (AvgIpc) is 2.83. The Balaban J connectivity index is 2.20. The molecule has 1 aromatic carbocycles. The molecule has 0 aliphatic heterocycles. The van der Waals surface area contributed by atoms with Gasteiger partial charge in [0.05, 0.1) is 6.10 Å². The third kappa shape index (κ3) is 2.82. The van der Waals surface area contributed by atoms with Crippen molar-refractivity contribution in [2.75, 3.05) is 5.73 Å². The van der Waals surface area contributed by atoms with E-state index in [-0.39, 0.29) is 0 Å². The van der Waals surface area contributed by atoms with Gasteiger partial charge in [0, 0.05) is 24.1 Å². The molecule has 0 fully saturated rings. The Kier molecular flexibility index (Phi) is 3.96. The first-order chi connectivity index (χ1) is 9.02. The van der Waals surface area contributed by atoms with E-state index in [1.807, 2.05) is 45.0 Å². The number of furan rings is 1. The van der Waals surface area contributed by atoms with Crippen LogP contribution in [0.3, 0.4) is 0 Å². The molecule has 0 bridgehead atoms. The van der Waals surface area contributed by atoms with Crippen molar-refractivity contribution in [3.05, 3.63) is 52.5 Å². The molecule has 1 atom stereocenters. The summed E-state index contributed by atoms with van der Waals surface area (Å²) in [6.45, 7) is 6.03. The molecule has 1 unspecified atom stereocenters. The highest BCUT2D eigenvalue weighted by molar-refractivity contribution is 5.57. The van der Waals surface area contributed by atoms with Crippen LogP contribution >= 0.6 is 0 Å². The molecule has 1 heterocycles. The summed E-state index contributed by atoms with van der Waals surface area (Å²) in [7, 11) is 0. The van der Waals surface area contributed by atoms with E-state index in [9.17, 15) is 5.11 Å². The molecular weight excluding hydrogens is 238 g/mol. The molecule has 0 radical (unpaired) electrons. The minimum atomic E-state index is -0.629. The van der Waals surface area contributed by atoms with Crippen LogP contribution in [0.15, 0.2) is 28.7 Å². The fourth-order valence-corrected chi connectivity index (χ4v) is 2.17. The number of anilines is 1. The maximum absolute atomic E-state index is 10.3. The smallest absolute Gasteiger partial charge is 0.107 e. The Hall–Kier alpha value is -1.74. The van der Waals surface area contributed by atoms with Gasteiger partial charge in [-0.1, -0.05) is 19.1 Å². The summed E-state index contributed by atoms with van der Waals surface area (Å²) < 4.78 is 5.62. The summed E-state index contributed by atoms with van der Waals surface area (Å²) >= 11 is 0. The SMILES string of the molecule is CCc1ccc(CC(O)c2ccc(C)c(C)c2N)o1. The molecule has 2 aromatic rings. The van der Waals surface area contributed by atoms with Crippen molar-refractivity contribution in [2.45, 2.75) is 39.7 Å². The molecule has 0 aliphatic carbocycles. The molecule has 0 spiro atoms. The lowest BCUT2D eigenvalue weighted by Gasteiger charge is -2.15. The van der Waals surface area contributed by atoms with Gasteiger partial charge in [0.25, 0.3) is 0 Å². The molecule has 0 aliphatic rings. The minimum absolute atomic E-state index is 0.451. The van der Waals surface area contributed by atoms with Gasteiger partial charge in [0.15, 0.2) is 0 Å². The number of aryl methyl sites for hydroxylation is 2. The molecular formula is C16H21NO2. The number of hydrogen-bond donors (Lipinski definition) is 2. The van der Waals surface area contributed by atoms with Gasteiger partial charge in [-0.25, -0.2) is 0 Å². The number of aliphatic hydroxyl groups excluding tert-OH is 1. The molecule has 3 nitrogen and oxygen atoms in total. The zero-order valence-electron chi connectivity index (χ0n) is 11.7. The van der Waals surface area contributed by atoms with Crippen molar-refractivity contribution >= 4 is 5.69 Å². The Labute approximate surface area is 114 Å². The van der Waals surface area contributed by atoms with Crippen molar-refractivity contribution < 1.29 is 9.52 Å². The van der Waals surface area contributed by atoms with Gasteiger partial charge in [0.1, 0.15) is 11.5 Å². The first kappa shape index (κ1) is 13.7. The number of aliphatic hydroxyl groups is 1. The Morgan fingerprint density at radius 1 is 1.16 bits per heavy atom. The number of benzene rings is 1. The fourth-order valence-electron chi connectivity index (χ4n) is 2.17. The third-order valence-electron chi connectivity index (χ3n) is 3.64. The number of nitrogens with two attached hydrogens (primary N) is 1. The second-order valence-electron chi connectivity index (χ2n) is 4.95. The third-order valence-corrected chi connectivity index (χ3v) is 3.64. The molecule has 3 N–H and O–H groups in total. The first-order valence-corrected chi connectivity index (χ1v) is 6.64. The number of hydrogen-bond acceptors (Lipinski definition) is 3. The van der Waals surface area contributed by atoms with Gasteiger partial charge in [-0.15, -0.1) is 0 Å². The van der Waals surface area contributed by atoms with Gasteiger partial charge in [-0.05, 0) is 37.1 Å². The molecule has 102 valence electrons. The van der Waals surface area contributed by atoms with Crippen molar-refractivity contribution in [3.8, 4) is 0 Å². The van der Waals surface area contributed by atoms with E-state index in [1.165, 1.54) is 0 Å². The van der Waals surface area contributed by atoms with E-state index in [1.54, 1.807) is 0 Å².